The van der Waals surface area contributed by atoms with Crippen LogP contribution in [0.15, 0.2) is 17.0 Å². The predicted octanol–water partition coefficient (Wildman–Crippen LogP) is 2.57. The van der Waals surface area contributed by atoms with E-state index in [4.69, 9.17) is 0 Å². The van der Waals surface area contributed by atoms with Crippen LogP contribution in [0.5, 0.6) is 0 Å². The van der Waals surface area contributed by atoms with Gasteiger partial charge in [0.25, 0.3) is 10.1 Å². The van der Waals surface area contributed by atoms with Crippen LogP contribution in [0.25, 0.3) is 0 Å². The first-order chi connectivity index (χ1) is 8.80. The lowest BCUT2D eigenvalue weighted by molar-refractivity contribution is 0.122. The molecule has 0 saturated heterocycles. The van der Waals surface area contributed by atoms with E-state index in [1.807, 2.05) is 6.92 Å². The number of aliphatic hydroxyl groups is 1. The van der Waals surface area contributed by atoms with Crippen molar-refractivity contribution in [2.24, 2.45) is 0 Å². The zero-order valence-corrected chi connectivity index (χ0v) is 12.1. The lowest BCUT2D eigenvalue weighted by Gasteiger charge is -2.28. The van der Waals surface area contributed by atoms with Crippen LogP contribution in [0.3, 0.4) is 0 Å². The Kier molecular flexibility index (Phi) is 3.99. The fraction of sp³-hybridized carbons (Fsp3) is 0.571. The molecular weight excluding hydrogens is 264 g/mol. The Labute approximate surface area is 114 Å². The van der Waals surface area contributed by atoms with Crippen LogP contribution >= 0.6 is 0 Å². The molecule has 2 rings (SSSR count). The second kappa shape index (κ2) is 5.23. The van der Waals surface area contributed by atoms with Gasteiger partial charge in [-0.2, -0.15) is 8.42 Å². The summed E-state index contributed by atoms with van der Waals surface area (Å²) in [6, 6.07) is 3.21. The molecule has 4 nitrogen and oxygen atoms in total. The van der Waals surface area contributed by atoms with Crippen molar-refractivity contribution in [1.29, 1.82) is 0 Å². The molecule has 1 fully saturated rings. The third kappa shape index (κ3) is 2.99. The van der Waals surface area contributed by atoms with Crippen LogP contribution in [-0.2, 0) is 10.1 Å². The number of benzene rings is 1. The Morgan fingerprint density at radius 3 is 2.21 bits per heavy atom. The quantitative estimate of drug-likeness (QED) is 0.818. The van der Waals surface area contributed by atoms with Crippen LogP contribution in [0.2, 0.25) is 0 Å². The Balaban J connectivity index is 2.45. The minimum atomic E-state index is -4.17. The highest BCUT2D eigenvalue weighted by molar-refractivity contribution is 7.85. The van der Waals surface area contributed by atoms with Crippen molar-refractivity contribution in [2.75, 3.05) is 0 Å². The minimum Gasteiger partial charge on any atom is -0.393 e. The molecule has 0 atom stereocenters. The van der Waals surface area contributed by atoms with Crippen LogP contribution in [0, 0.1) is 13.8 Å². The summed E-state index contributed by atoms with van der Waals surface area (Å²) in [5.41, 5.74) is 2.71. The summed E-state index contributed by atoms with van der Waals surface area (Å²) < 4.78 is 32.0. The normalized spacial score (nSPS) is 24.4. The molecule has 19 heavy (non-hydrogen) atoms. The Morgan fingerprint density at radius 1 is 1.11 bits per heavy atom. The zero-order valence-electron chi connectivity index (χ0n) is 11.3. The van der Waals surface area contributed by atoms with Crippen LogP contribution in [0.1, 0.15) is 48.3 Å². The zero-order chi connectivity index (χ0) is 14.2. The van der Waals surface area contributed by atoms with Gasteiger partial charge in [-0.3, -0.25) is 4.55 Å². The molecule has 5 heteroatoms. The molecule has 0 spiro atoms. The molecule has 2 N–H and O–H groups in total. The maximum Gasteiger partial charge on any atom is 0.294 e. The molecule has 1 aliphatic carbocycles. The minimum absolute atomic E-state index is 0.000720. The average molecular weight is 284 g/mol. The predicted molar refractivity (Wildman–Crippen MR) is 72.9 cm³/mol. The Morgan fingerprint density at radius 2 is 1.68 bits per heavy atom. The number of aryl methyl sites for hydroxylation is 1. The molecule has 1 aromatic carbocycles. The summed E-state index contributed by atoms with van der Waals surface area (Å²) in [5.74, 6) is 0.269. The van der Waals surface area contributed by atoms with E-state index < -0.39 is 10.1 Å². The standard InChI is InChI=1S/C14H20O4S/c1-9-3-8-13(19(16,17)18)10(2)14(9)11-4-6-12(15)7-5-11/h3,8,11-12,15H,4-7H2,1-2H3,(H,16,17,18)/t11-,12-. The van der Waals surface area contributed by atoms with E-state index in [0.29, 0.717) is 5.56 Å². The largest absolute Gasteiger partial charge is 0.393 e. The summed E-state index contributed by atoms with van der Waals surface area (Å²) in [6.45, 7) is 3.71. The number of rotatable bonds is 2. The molecule has 0 unspecified atom stereocenters. The highest BCUT2D eigenvalue weighted by atomic mass is 32.2. The molecule has 0 amide bonds. The second-order valence-electron chi connectivity index (χ2n) is 5.40. The number of hydrogen-bond donors (Lipinski definition) is 2. The van der Waals surface area contributed by atoms with Gasteiger partial charge < -0.3 is 5.11 Å². The first kappa shape index (κ1) is 14.5. The molecule has 0 radical (unpaired) electrons. The van der Waals surface area contributed by atoms with E-state index in [2.05, 4.69) is 0 Å². The van der Waals surface area contributed by atoms with Crippen molar-refractivity contribution in [3.05, 3.63) is 28.8 Å². The molecular formula is C14H20O4S. The van der Waals surface area contributed by atoms with E-state index >= 15 is 0 Å². The third-order valence-corrected chi connectivity index (χ3v) is 5.06. The van der Waals surface area contributed by atoms with Crippen molar-refractivity contribution < 1.29 is 18.1 Å². The van der Waals surface area contributed by atoms with Crippen molar-refractivity contribution in [3.63, 3.8) is 0 Å². The van der Waals surface area contributed by atoms with Gasteiger partial charge in [0.1, 0.15) is 0 Å². The van der Waals surface area contributed by atoms with E-state index in [9.17, 15) is 18.1 Å². The molecule has 1 saturated carbocycles. The van der Waals surface area contributed by atoms with Gasteiger partial charge in [-0.15, -0.1) is 0 Å². The van der Waals surface area contributed by atoms with Crippen molar-refractivity contribution in [1.82, 2.24) is 0 Å². The topological polar surface area (TPSA) is 74.6 Å². The van der Waals surface area contributed by atoms with Crippen LogP contribution in [-0.4, -0.2) is 24.2 Å². The molecule has 0 heterocycles. The fourth-order valence-corrected chi connectivity index (χ4v) is 3.85. The fourth-order valence-electron chi connectivity index (χ4n) is 3.12. The van der Waals surface area contributed by atoms with Gasteiger partial charge in [0.15, 0.2) is 0 Å². The van der Waals surface area contributed by atoms with Gasteiger partial charge in [0.2, 0.25) is 0 Å². The van der Waals surface area contributed by atoms with E-state index in [1.165, 1.54) is 6.07 Å². The maximum absolute atomic E-state index is 11.4. The Bertz CT molecular complexity index is 569. The van der Waals surface area contributed by atoms with Gasteiger partial charge in [0, 0.05) is 0 Å². The molecule has 1 aliphatic rings. The number of hydrogen-bond acceptors (Lipinski definition) is 3. The van der Waals surface area contributed by atoms with Gasteiger partial charge >= 0.3 is 0 Å². The van der Waals surface area contributed by atoms with E-state index in [0.717, 1.165) is 36.8 Å². The van der Waals surface area contributed by atoms with Gasteiger partial charge in [0.05, 0.1) is 11.0 Å². The highest BCUT2D eigenvalue weighted by Gasteiger charge is 2.26. The van der Waals surface area contributed by atoms with Gasteiger partial charge in [-0.25, -0.2) is 0 Å². The van der Waals surface area contributed by atoms with Crippen LogP contribution in [0.4, 0.5) is 0 Å². The van der Waals surface area contributed by atoms with E-state index in [-0.39, 0.29) is 16.9 Å². The second-order valence-corrected chi connectivity index (χ2v) is 6.79. The Hall–Kier alpha value is -0.910. The molecule has 0 aliphatic heterocycles. The summed E-state index contributed by atoms with van der Waals surface area (Å²) in [6.07, 6.45) is 2.98. The summed E-state index contributed by atoms with van der Waals surface area (Å²) in [4.78, 5) is -0.000720. The molecule has 0 aromatic heterocycles. The van der Waals surface area contributed by atoms with E-state index in [1.54, 1.807) is 13.0 Å². The van der Waals surface area contributed by atoms with Crippen molar-refractivity contribution >= 4 is 10.1 Å². The summed E-state index contributed by atoms with van der Waals surface area (Å²) in [7, 11) is -4.17. The summed E-state index contributed by atoms with van der Waals surface area (Å²) in [5, 5.41) is 9.56. The molecule has 1 aromatic rings. The smallest absolute Gasteiger partial charge is 0.294 e. The SMILES string of the molecule is Cc1ccc(S(=O)(=O)O)c(C)c1[C@H]1CC[C@H](O)CC1. The number of aliphatic hydroxyl groups excluding tert-OH is 1. The average Bonchev–Trinajstić information content (AvgIpc) is 2.29. The first-order valence-corrected chi connectivity index (χ1v) is 8.00. The lowest BCUT2D eigenvalue weighted by Crippen LogP contribution is -2.19. The van der Waals surface area contributed by atoms with Crippen molar-refractivity contribution in [2.45, 2.75) is 56.4 Å². The summed E-state index contributed by atoms with van der Waals surface area (Å²) >= 11 is 0. The van der Waals surface area contributed by atoms with Crippen LogP contribution < -0.4 is 0 Å². The molecule has 106 valence electrons. The highest BCUT2D eigenvalue weighted by Crippen LogP contribution is 2.37. The maximum atomic E-state index is 11.4. The first-order valence-electron chi connectivity index (χ1n) is 6.56. The third-order valence-electron chi connectivity index (χ3n) is 4.07. The van der Waals surface area contributed by atoms with Gasteiger partial charge in [-0.05, 0) is 68.2 Å². The molecule has 0 bridgehead atoms. The van der Waals surface area contributed by atoms with Crippen molar-refractivity contribution in [3.8, 4) is 0 Å². The monoisotopic (exact) mass is 284 g/mol. The lowest BCUT2D eigenvalue weighted by atomic mass is 9.79. The van der Waals surface area contributed by atoms with Gasteiger partial charge in [-0.1, -0.05) is 6.07 Å².